The largest absolute Gasteiger partial charge is 0.494 e. The number of benzene rings is 2. The van der Waals surface area contributed by atoms with Crippen LogP contribution >= 0.6 is 0 Å². The van der Waals surface area contributed by atoms with E-state index in [0.29, 0.717) is 6.61 Å². The standard InChI is InChI=1S/C21H27NO3/c1-2-11-23-19-8-3-6-17(13-19)15-22-18-7-4-9-20(14-18)25-16-21-10-5-12-24-21/h3-4,6-9,13-14,21-22H,2,5,10-12,15-16H2,1H3. The van der Waals surface area contributed by atoms with Crippen molar-refractivity contribution in [3.05, 3.63) is 54.1 Å². The topological polar surface area (TPSA) is 39.7 Å². The van der Waals surface area contributed by atoms with Crippen LogP contribution in [0.1, 0.15) is 31.7 Å². The van der Waals surface area contributed by atoms with E-state index in [-0.39, 0.29) is 6.10 Å². The highest BCUT2D eigenvalue weighted by Crippen LogP contribution is 2.21. The molecular formula is C21H27NO3. The molecule has 1 unspecified atom stereocenters. The Balaban J connectivity index is 1.51. The first-order valence-corrected chi connectivity index (χ1v) is 9.13. The van der Waals surface area contributed by atoms with Gasteiger partial charge in [0.1, 0.15) is 18.1 Å². The first kappa shape index (κ1) is 17.6. The van der Waals surface area contributed by atoms with Crippen molar-refractivity contribution >= 4 is 5.69 Å². The Bertz CT molecular complexity index is 653. The highest BCUT2D eigenvalue weighted by atomic mass is 16.5. The van der Waals surface area contributed by atoms with Gasteiger partial charge >= 0.3 is 0 Å². The van der Waals surface area contributed by atoms with Crippen molar-refractivity contribution in [1.29, 1.82) is 0 Å². The van der Waals surface area contributed by atoms with Gasteiger partial charge in [-0.3, -0.25) is 0 Å². The van der Waals surface area contributed by atoms with Crippen molar-refractivity contribution in [3.63, 3.8) is 0 Å². The lowest BCUT2D eigenvalue weighted by Crippen LogP contribution is -2.16. The summed E-state index contributed by atoms with van der Waals surface area (Å²) in [5.41, 5.74) is 2.24. The van der Waals surface area contributed by atoms with Crippen LogP contribution in [0.25, 0.3) is 0 Å². The molecule has 1 saturated heterocycles. The number of hydrogen-bond donors (Lipinski definition) is 1. The van der Waals surface area contributed by atoms with Crippen molar-refractivity contribution in [2.75, 3.05) is 25.1 Å². The summed E-state index contributed by atoms with van der Waals surface area (Å²) in [6, 6.07) is 16.3. The molecule has 4 heteroatoms. The van der Waals surface area contributed by atoms with Crippen molar-refractivity contribution in [2.24, 2.45) is 0 Å². The van der Waals surface area contributed by atoms with Crippen molar-refractivity contribution in [1.82, 2.24) is 0 Å². The molecule has 1 heterocycles. The van der Waals surface area contributed by atoms with Crippen LogP contribution in [0.15, 0.2) is 48.5 Å². The van der Waals surface area contributed by atoms with Crippen molar-refractivity contribution < 1.29 is 14.2 Å². The van der Waals surface area contributed by atoms with E-state index < -0.39 is 0 Å². The van der Waals surface area contributed by atoms with Gasteiger partial charge in [-0.05, 0) is 49.1 Å². The number of ether oxygens (including phenoxy) is 3. The van der Waals surface area contributed by atoms with Gasteiger partial charge in [0.25, 0.3) is 0 Å². The zero-order chi connectivity index (χ0) is 17.3. The molecular weight excluding hydrogens is 314 g/mol. The highest BCUT2D eigenvalue weighted by molar-refractivity contribution is 5.48. The molecule has 2 aromatic rings. The summed E-state index contributed by atoms with van der Waals surface area (Å²) < 4.78 is 17.1. The molecule has 25 heavy (non-hydrogen) atoms. The maximum atomic E-state index is 5.86. The maximum Gasteiger partial charge on any atom is 0.121 e. The molecule has 0 radical (unpaired) electrons. The normalized spacial score (nSPS) is 16.6. The molecule has 0 bridgehead atoms. The van der Waals surface area contributed by atoms with E-state index in [4.69, 9.17) is 14.2 Å². The summed E-state index contributed by atoms with van der Waals surface area (Å²) in [5, 5.41) is 3.45. The van der Waals surface area contributed by atoms with E-state index in [1.54, 1.807) is 0 Å². The number of rotatable bonds is 9. The molecule has 1 aliphatic rings. The first-order chi connectivity index (χ1) is 12.3. The van der Waals surface area contributed by atoms with Crippen LogP contribution in [0.5, 0.6) is 11.5 Å². The summed E-state index contributed by atoms with van der Waals surface area (Å²) in [5.74, 6) is 1.80. The lowest BCUT2D eigenvalue weighted by molar-refractivity contribution is 0.0680. The SMILES string of the molecule is CCCOc1cccc(CNc2cccc(OCC3CCCO3)c2)c1. The molecule has 1 atom stereocenters. The van der Waals surface area contributed by atoms with Gasteiger partial charge in [0.05, 0.1) is 12.7 Å². The average molecular weight is 341 g/mol. The smallest absolute Gasteiger partial charge is 0.121 e. The van der Waals surface area contributed by atoms with E-state index >= 15 is 0 Å². The lowest BCUT2D eigenvalue weighted by Gasteiger charge is -2.13. The fraction of sp³-hybridized carbons (Fsp3) is 0.429. The number of anilines is 1. The van der Waals surface area contributed by atoms with Gasteiger partial charge in [-0.15, -0.1) is 0 Å². The van der Waals surface area contributed by atoms with Crippen LogP contribution in [-0.4, -0.2) is 25.9 Å². The van der Waals surface area contributed by atoms with E-state index in [1.165, 1.54) is 5.56 Å². The molecule has 4 nitrogen and oxygen atoms in total. The fourth-order valence-electron chi connectivity index (χ4n) is 2.83. The van der Waals surface area contributed by atoms with Crippen LogP contribution in [0, 0.1) is 0 Å². The molecule has 1 aliphatic heterocycles. The fourth-order valence-corrected chi connectivity index (χ4v) is 2.83. The summed E-state index contributed by atoms with van der Waals surface area (Å²) in [6.07, 6.45) is 3.48. The minimum absolute atomic E-state index is 0.238. The third-order valence-corrected chi connectivity index (χ3v) is 4.16. The zero-order valence-electron chi connectivity index (χ0n) is 14.9. The minimum Gasteiger partial charge on any atom is -0.494 e. The van der Waals surface area contributed by atoms with Crippen LogP contribution in [-0.2, 0) is 11.3 Å². The quantitative estimate of drug-likeness (QED) is 0.721. The molecule has 0 amide bonds. The number of hydrogen-bond acceptors (Lipinski definition) is 4. The Hall–Kier alpha value is -2.20. The second-order valence-electron chi connectivity index (χ2n) is 6.32. The third-order valence-electron chi connectivity index (χ3n) is 4.16. The Morgan fingerprint density at radius 3 is 2.72 bits per heavy atom. The summed E-state index contributed by atoms with van der Waals surface area (Å²) in [6.45, 7) is 5.09. The second-order valence-corrected chi connectivity index (χ2v) is 6.32. The Morgan fingerprint density at radius 2 is 1.92 bits per heavy atom. The van der Waals surface area contributed by atoms with Gasteiger partial charge < -0.3 is 19.5 Å². The number of nitrogens with one attached hydrogen (secondary N) is 1. The van der Waals surface area contributed by atoms with E-state index in [0.717, 1.165) is 56.2 Å². The zero-order valence-corrected chi connectivity index (χ0v) is 14.9. The maximum absolute atomic E-state index is 5.86. The Morgan fingerprint density at radius 1 is 1.08 bits per heavy atom. The van der Waals surface area contributed by atoms with Gasteiger partial charge in [0.15, 0.2) is 0 Å². The highest BCUT2D eigenvalue weighted by Gasteiger charge is 2.15. The molecule has 0 aliphatic carbocycles. The molecule has 0 aromatic heterocycles. The molecule has 3 rings (SSSR count). The van der Waals surface area contributed by atoms with Gasteiger partial charge in [0, 0.05) is 24.9 Å². The molecule has 1 N–H and O–H groups in total. The monoisotopic (exact) mass is 341 g/mol. The molecule has 134 valence electrons. The van der Waals surface area contributed by atoms with Crippen LogP contribution in [0.4, 0.5) is 5.69 Å². The van der Waals surface area contributed by atoms with E-state index in [9.17, 15) is 0 Å². The lowest BCUT2D eigenvalue weighted by atomic mass is 10.2. The van der Waals surface area contributed by atoms with E-state index in [1.807, 2.05) is 30.3 Å². The van der Waals surface area contributed by atoms with Crippen molar-refractivity contribution in [2.45, 2.75) is 38.8 Å². The Labute approximate surface area is 150 Å². The minimum atomic E-state index is 0.238. The molecule has 2 aromatic carbocycles. The van der Waals surface area contributed by atoms with Crippen molar-refractivity contribution in [3.8, 4) is 11.5 Å². The van der Waals surface area contributed by atoms with Gasteiger partial charge in [-0.2, -0.15) is 0 Å². The molecule has 0 spiro atoms. The first-order valence-electron chi connectivity index (χ1n) is 9.13. The third kappa shape index (κ3) is 5.68. The van der Waals surface area contributed by atoms with Gasteiger partial charge in [-0.25, -0.2) is 0 Å². The average Bonchev–Trinajstić information content (AvgIpc) is 3.17. The predicted molar refractivity (Wildman–Crippen MR) is 100 cm³/mol. The summed E-state index contributed by atoms with van der Waals surface area (Å²) in [4.78, 5) is 0. The van der Waals surface area contributed by atoms with Gasteiger partial charge in [0.2, 0.25) is 0 Å². The molecule has 0 saturated carbocycles. The van der Waals surface area contributed by atoms with E-state index in [2.05, 4.69) is 30.4 Å². The Kier molecular flexibility index (Phi) is 6.57. The second kappa shape index (κ2) is 9.33. The van der Waals surface area contributed by atoms with Crippen LogP contribution in [0.3, 0.4) is 0 Å². The summed E-state index contributed by atoms with van der Waals surface area (Å²) in [7, 11) is 0. The summed E-state index contributed by atoms with van der Waals surface area (Å²) >= 11 is 0. The van der Waals surface area contributed by atoms with Gasteiger partial charge in [-0.1, -0.05) is 25.1 Å². The predicted octanol–water partition coefficient (Wildman–Crippen LogP) is 4.65. The molecule has 1 fully saturated rings. The van der Waals surface area contributed by atoms with Crippen LogP contribution in [0.2, 0.25) is 0 Å². The van der Waals surface area contributed by atoms with Crippen LogP contribution < -0.4 is 14.8 Å².